The first-order valence-corrected chi connectivity index (χ1v) is 3.77. The summed E-state index contributed by atoms with van der Waals surface area (Å²) in [4.78, 5) is 10.2. The summed E-state index contributed by atoms with van der Waals surface area (Å²) in [7, 11) is 0. The molecule has 2 nitrogen and oxygen atoms in total. The van der Waals surface area contributed by atoms with E-state index in [9.17, 15) is 9.18 Å². The summed E-state index contributed by atoms with van der Waals surface area (Å²) in [6, 6.07) is 4.55. The fourth-order valence-corrected chi connectivity index (χ4v) is 0.966. The fraction of sp³-hybridized carbons (Fsp3) is 0.100. The molecule has 0 radical (unpaired) electrons. The highest BCUT2D eigenvalue weighted by molar-refractivity contribution is 5.85. The second kappa shape index (κ2) is 3.85. The predicted molar refractivity (Wildman–Crippen MR) is 47.8 cm³/mol. The van der Waals surface area contributed by atoms with Crippen molar-refractivity contribution in [1.82, 2.24) is 0 Å². The molecular formula is C10H9FO2. The quantitative estimate of drug-likeness (QED) is 0.708. The molecule has 1 aromatic rings. The van der Waals surface area contributed by atoms with Gasteiger partial charge in [-0.3, -0.25) is 0 Å². The van der Waals surface area contributed by atoms with Gasteiger partial charge < -0.3 is 5.11 Å². The zero-order chi connectivity index (χ0) is 9.84. The number of benzene rings is 1. The lowest BCUT2D eigenvalue weighted by molar-refractivity contribution is -0.131. The molecule has 68 valence electrons. The maximum atomic E-state index is 12.9. The highest BCUT2D eigenvalue weighted by Crippen LogP contribution is 2.13. The van der Waals surface area contributed by atoms with Crippen LogP contribution in [0.5, 0.6) is 0 Å². The first-order valence-electron chi connectivity index (χ1n) is 3.77. The Kier molecular flexibility index (Phi) is 2.80. The van der Waals surface area contributed by atoms with Crippen LogP contribution >= 0.6 is 0 Å². The monoisotopic (exact) mass is 180 g/mol. The summed E-state index contributed by atoms with van der Waals surface area (Å²) in [6.07, 6.45) is 2.36. The van der Waals surface area contributed by atoms with Crippen molar-refractivity contribution in [2.24, 2.45) is 0 Å². The standard InChI is InChI=1S/C10H9FO2/c1-7-8(5-6-10(12)13)3-2-4-9(7)11/h2-6H,1H3,(H,12,13)/b6-5+. The second-order valence-corrected chi connectivity index (χ2v) is 2.63. The zero-order valence-electron chi connectivity index (χ0n) is 7.12. The highest BCUT2D eigenvalue weighted by Gasteiger charge is 1.99. The number of carbonyl (C=O) groups is 1. The Morgan fingerprint density at radius 1 is 1.54 bits per heavy atom. The number of hydrogen-bond acceptors (Lipinski definition) is 1. The van der Waals surface area contributed by atoms with Crippen molar-refractivity contribution in [3.63, 3.8) is 0 Å². The summed E-state index contributed by atoms with van der Waals surface area (Å²) in [5.41, 5.74) is 1.04. The molecule has 0 saturated carbocycles. The van der Waals surface area contributed by atoms with Crippen molar-refractivity contribution >= 4 is 12.0 Å². The molecule has 0 heterocycles. The molecule has 1 aromatic carbocycles. The van der Waals surface area contributed by atoms with Crippen molar-refractivity contribution in [1.29, 1.82) is 0 Å². The molecule has 0 saturated heterocycles. The Morgan fingerprint density at radius 2 is 2.23 bits per heavy atom. The van der Waals surface area contributed by atoms with Crippen molar-refractivity contribution in [3.8, 4) is 0 Å². The molecule has 1 N–H and O–H groups in total. The third-order valence-electron chi connectivity index (χ3n) is 1.72. The summed E-state index contributed by atoms with van der Waals surface area (Å²) in [6.45, 7) is 1.61. The Bertz CT molecular complexity index is 356. The lowest BCUT2D eigenvalue weighted by atomic mass is 10.1. The maximum Gasteiger partial charge on any atom is 0.328 e. The van der Waals surface area contributed by atoms with Gasteiger partial charge in [-0.2, -0.15) is 0 Å². The number of aliphatic carboxylic acids is 1. The van der Waals surface area contributed by atoms with Gasteiger partial charge in [-0.15, -0.1) is 0 Å². The van der Waals surface area contributed by atoms with Gasteiger partial charge in [0.2, 0.25) is 0 Å². The van der Waals surface area contributed by atoms with Crippen LogP contribution in [-0.4, -0.2) is 11.1 Å². The first kappa shape index (κ1) is 9.45. The van der Waals surface area contributed by atoms with E-state index in [4.69, 9.17) is 5.11 Å². The minimum Gasteiger partial charge on any atom is -0.478 e. The van der Waals surface area contributed by atoms with Crippen molar-refractivity contribution in [2.45, 2.75) is 6.92 Å². The molecule has 0 atom stereocenters. The molecule has 0 unspecified atom stereocenters. The van der Waals surface area contributed by atoms with E-state index in [0.717, 1.165) is 6.08 Å². The number of halogens is 1. The SMILES string of the molecule is Cc1c(F)cccc1/C=C/C(=O)O. The average Bonchev–Trinajstić information content (AvgIpc) is 2.07. The van der Waals surface area contributed by atoms with Crippen LogP contribution in [0, 0.1) is 12.7 Å². The van der Waals surface area contributed by atoms with Crippen LogP contribution in [0.1, 0.15) is 11.1 Å². The summed E-state index contributed by atoms with van der Waals surface area (Å²) < 4.78 is 12.9. The Morgan fingerprint density at radius 3 is 2.85 bits per heavy atom. The van der Waals surface area contributed by atoms with Gasteiger partial charge in [0.25, 0.3) is 0 Å². The van der Waals surface area contributed by atoms with E-state index in [1.54, 1.807) is 19.1 Å². The van der Waals surface area contributed by atoms with Crippen molar-refractivity contribution in [3.05, 3.63) is 41.2 Å². The molecule has 0 aliphatic rings. The third-order valence-corrected chi connectivity index (χ3v) is 1.72. The van der Waals surface area contributed by atoms with Gasteiger partial charge in [-0.1, -0.05) is 12.1 Å². The number of carboxylic acids is 1. The van der Waals surface area contributed by atoms with Gasteiger partial charge in [-0.05, 0) is 30.2 Å². The predicted octanol–water partition coefficient (Wildman–Crippen LogP) is 2.23. The van der Waals surface area contributed by atoms with Gasteiger partial charge in [0.05, 0.1) is 0 Å². The highest BCUT2D eigenvalue weighted by atomic mass is 19.1. The Balaban J connectivity index is 3.02. The molecule has 3 heteroatoms. The van der Waals surface area contributed by atoms with Crippen LogP contribution in [-0.2, 0) is 4.79 Å². The van der Waals surface area contributed by atoms with Crippen molar-refractivity contribution < 1.29 is 14.3 Å². The van der Waals surface area contributed by atoms with Gasteiger partial charge in [-0.25, -0.2) is 9.18 Å². The van der Waals surface area contributed by atoms with Crippen LogP contribution in [0.3, 0.4) is 0 Å². The van der Waals surface area contributed by atoms with E-state index in [1.807, 2.05) is 0 Å². The van der Waals surface area contributed by atoms with Gasteiger partial charge in [0.1, 0.15) is 5.82 Å². The topological polar surface area (TPSA) is 37.3 Å². The maximum absolute atomic E-state index is 12.9. The normalized spacial score (nSPS) is 10.6. The van der Waals surface area contributed by atoms with Gasteiger partial charge in [0.15, 0.2) is 0 Å². The van der Waals surface area contributed by atoms with E-state index < -0.39 is 5.97 Å². The fourth-order valence-electron chi connectivity index (χ4n) is 0.966. The molecule has 0 bridgehead atoms. The van der Waals surface area contributed by atoms with E-state index in [0.29, 0.717) is 11.1 Å². The molecule has 0 fully saturated rings. The lowest BCUT2D eigenvalue weighted by Gasteiger charge is -1.99. The Labute approximate surface area is 75.3 Å². The molecule has 0 spiro atoms. The van der Waals surface area contributed by atoms with E-state index in [2.05, 4.69) is 0 Å². The van der Waals surface area contributed by atoms with Crippen molar-refractivity contribution in [2.75, 3.05) is 0 Å². The summed E-state index contributed by atoms with van der Waals surface area (Å²) in [5.74, 6) is -1.36. The molecule has 0 amide bonds. The van der Waals surface area contributed by atoms with Crippen LogP contribution in [0.15, 0.2) is 24.3 Å². The molecule has 1 rings (SSSR count). The molecular weight excluding hydrogens is 171 g/mol. The van der Waals surface area contributed by atoms with Gasteiger partial charge >= 0.3 is 5.97 Å². The van der Waals surface area contributed by atoms with Crippen LogP contribution < -0.4 is 0 Å². The minimum atomic E-state index is -1.04. The zero-order valence-corrected chi connectivity index (χ0v) is 7.12. The number of rotatable bonds is 2. The van der Waals surface area contributed by atoms with Gasteiger partial charge in [0, 0.05) is 6.08 Å². The number of carboxylic acid groups (broad SMARTS) is 1. The summed E-state index contributed by atoms with van der Waals surface area (Å²) >= 11 is 0. The molecule has 0 aliphatic heterocycles. The smallest absolute Gasteiger partial charge is 0.328 e. The first-order chi connectivity index (χ1) is 6.11. The largest absolute Gasteiger partial charge is 0.478 e. The van der Waals surface area contributed by atoms with E-state index >= 15 is 0 Å². The van der Waals surface area contributed by atoms with E-state index in [1.165, 1.54) is 12.1 Å². The van der Waals surface area contributed by atoms with Crippen LogP contribution in [0.2, 0.25) is 0 Å². The second-order valence-electron chi connectivity index (χ2n) is 2.63. The van der Waals surface area contributed by atoms with Crippen LogP contribution in [0.25, 0.3) is 6.08 Å². The average molecular weight is 180 g/mol. The lowest BCUT2D eigenvalue weighted by Crippen LogP contribution is -1.89. The summed E-state index contributed by atoms with van der Waals surface area (Å²) in [5, 5.41) is 8.35. The number of hydrogen-bond donors (Lipinski definition) is 1. The third kappa shape index (κ3) is 2.40. The molecule has 0 aliphatic carbocycles. The molecule has 0 aromatic heterocycles. The molecule has 13 heavy (non-hydrogen) atoms. The van der Waals surface area contributed by atoms with E-state index in [-0.39, 0.29) is 5.82 Å². The Hall–Kier alpha value is -1.64. The van der Waals surface area contributed by atoms with Crippen LogP contribution in [0.4, 0.5) is 4.39 Å². The minimum absolute atomic E-state index is 0.326.